The van der Waals surface area contributed by atoms with Gasteiger partial charge in [0.15, 0.2) is 0 Å². The topological polar surface area (TPSA) is 12.5 Å². The van der Waals surface area contributed by atoms with Crippen LogP contribution in [0.2, 0.25) is 0 Å². The quantitative estimate of drug-likeness (QED) is 0.599. The van der Waals surface area contributed by atoms with Crippen molar-refractivity contribution in [3.63, 3.8) is 0 Å². The molecule has 0 N–H and O–H groups in total. The molecule has 0 spiro atoms. The van der Waals surface area contributed by atoms with Gasteiger partial charge in [0.1, 0.15) is 6.61 Å². The van der Waals surface area contributed by atoms with Crippen molar-refractivity contribution in [2.45, 2.75) is 19.4 Å². The molecule has 2 nitrogen and oxygen atoms in total. The summed E-state index contributed by atoms with van der Waals surface area (Å²) in [6, 6.07) is 0. The molecule has 0 unspecified atom stereocenters. The van der Waals surface area contributed by atoms with Gasteiger partial charge in [-0.05, 0) is 20.9 Å². The molecule has 0 saturated carbocycles. The Bertz CT molecular complexity index is 239. The highest BCUT2D eigenvalue weighted by atomic mass is 16.5. The van der Waals surface area contributed by atoms with Gasteiger partial charge in [-0.1, -0.05) is 17.8 Å². The lowest BCUT2D eigenvalue weighted by Gasteiger charge is -2.28. The van der Waals surface area contributed by atoms with Gasteiger partial charge in [-0.25, -0.2) is 0 Å². The van der Waals surface area contributed by atoms with Crippen molar-refractivity contribution in [1.82, 2.24) is 4.90 Å². The molecule has 72 valence electrons. The van der Waals surface area contributed by atoms with Crippen LogP contribution in [0.4, 0.5) is 0 Å². The van der Waals surface area contributed by atoms with E-state index in [0.717, 1.165) is 0 Å². The Labute approximate surface area is 81.3 Å². The molecule has 13 heavy (non-hydrogen) atoms. The van der Waals surface area contributed by atoms with E-state index >= 15 is 0 Å². The molecule has 0 aromatic carbocycles. The summed E-state index contributed by atoms with van der Waals surface area (Å²) in [5, 5.41) is 0. The third kappa shape index (κ3) is 4.58. The molecule has 0 fully saturated rings. The minimum atomic E-state index is -0.234. The number of terminal acetylenes is 1. The minimum absolute atomic E-state index is 0.234. The predicted octanol–water partition coefficient (Wildman–Crippen LogP) is 0.980. The molecular weight excluding hydrogens is 162 g/mol. The lowest BCUT2D eigenvalue weighted by Crippen LogP contribution is -2.39. The van der Waals surface area contributed by atoms with Crippen molar-refractivity contribution in [1.29, 1.82) is 0 Å². The highest BCUT2D eigenvalue weighted by molar-refractivity contribution is 5.11. The summed E-state index contributed by atoms with van der Waals surface area (Å²) in [6.07, 6.45) is 5.37. The number of hydrogen-bond donors (Lipinski definition) is 0. The highest BCUT2D eigenvalue weighted by Gasteiger charge is 2.18. The summed E-state index contributed by atoms with van der Waals surface area (Å²) in [7, 11) is 3.59. The monoisotopic (exact) mass is 179 g/mol. The molecule has 0 bridgehead atoms. The van der Waals surface area contributed by atoms with E-state index in [2.05, 4.69) is 17.8 Å². The molecule has 0 saturated heterocycles. The first-order valence-corrected chi connectivity index (χ1v) is 4.18. The highest BCUT2D eigenvalue weighted by Crippen LogP contribution is 2.08. The van der Waals surface area contributed by atoms with E-state index in [1.54, 1.807) is 7.11 Å². The summed E-state index contributed by atoms with van der Waals surface area (Å²) < 4.78 is 4.80. The zero-order valence-corrected chi connectivity index (χ0v) is 8.85. The molecule has 0 atom stereocenters. The average Bonchev–Trinajstić information content (AvgIpc) is 2.12. The maximum Gasteiger partial charge on any atom is 0.107 e. The van der Waals surface area contributed by atoms with Crippen LogP contribution in [0.1, 0.15) is 13.8 Å². The molecule has 0 aromatic heterocycles. The van der Waals surface area contributed by atoms with E-state index in [0.29, 0.717) is 13.2 Å². The second kappa shape index (κ2) is 5.65. The van der Waals surface area contributed by atoms with E-state index in [9.17, 15) is 0 Å². The van der Waals surface area contributed by atoms with Crippen LogP contribution in [-0.4, -0.2) is 37.7 Å². The lowest BCUT2D eigenvalue weighted by atomic mass is 10.1. The first kappa shape index (κ1) is 12.0. The van der Waals surface area contributed by atoms with Crippen molar-refractivity contribution < 1.29 is 4.74 Å². The Morgan fingerprint density at radius 3 is 2.46 bits per heavy atom. The van der Waals surface area contributed by atoms with Crippen LogP contribution in [0.15, 0.2) is 0 Å². The number of nitrogens with zero attached hydrogens (tertiary/aromatic N) is 1. The van der Waals surface area contributed by atoms with E-state index in [1.165, 1.54) is 0 Å². The van der Waals surface area contributed by atoms with Gasteiger partial charge < -0.3 is 4.74 Å². The van der Waals surface area contributed by atoms with Crippen LogP contribution in [0.5, 0.6) is 0 Å². The van der Waals surface area contributed by atoms with Crippen molar-refractivity contribution >= 4 is 0 Å². The van der Waals surface area contributed by atoms with Gasteiger partial charge in [-0.15, -0.1) is 6.42 Å². The van der Waals surface area contributed by atoms with Gasteiger partial charge in [0.25, 0.3) is 0 Å². The van der Waals surface area contributed by atoms with Gasteiger partial charge in [0.05, 0.1) is 12.1 Å². The first-order valence-electron chi connectivity index (χ1n) is 4.18. The van der Waals surface area contributed by atoms with Crippen LogP contribution >= 0.6 is 0 Å². The molecule has 0 aromatic rings. The molecule has 0 amide bonds. The van der Waals surface area contributed by atoms with E-state index in [4.69, 9.17) is 11.2 Å². The van der Waals surface area contributed by atoms with E-state index < -0.39 is 0 Å². The SMILES string of the molecule is C#CC(C)(C)N(C)CC#CCOC. The molecular formula is C11H17NO. The van der Waals surface area contributed by atoms with E-state index in [1.807, 2.05) is 25.8 Å². The summed E-state index contributed by atoms with van der Waals surface area (Å²) in [5.41, 5.74) is -0.234. The Morgan fingerprint density at radius 1 is 1.38 bits per heavy atom. The number of hydrogen-bond acceptors (Lipinski definition) is 2. The number of methoxy groups -OCH3 is 1. The Balaban J connectivity index is 3.98. The fraction of sp³-hybridized carbons (Fsp3) is 0.636. The second-order valence-electron chi connectivity index (χ2n) is 3.35. The van der Waals surface area contributed by atoms with Crippen LogP contribution in [0.3, 0.4) is 0 Å². The second-order valence-corrected chi connectivity index (χ2v) is 3.35. The van der Waals surface area contributed by atoms with Crippen molar-refractivity contribution in [2.24, 2.45) is 0 Å². The standard InChI is InChI=1S/C11H17NO/c1-6-11(2,3)12(4)9-7-8-10-13-5/h1H,9-10H2,2-5H3. The zero-order valence-electron chi connectivity index (χ0n) is 8.85. The zero-order chi connectivity index (χ0) is 10.3. The van der Waals surface area contributed by atoms with Gasteiger partial charge in [0.2, 0.25) is 0 Å². The van der Waals surface area contributed by atoms with Gasteiger partial charge in [0, 0.05) is 7.11 Å². The van der Waals surface area contributed by atoms with Crippen molar-refractivity contribution in [3.8, 4) is 24.2 Å². The number of rotatable bonds is 3. The first-order chi connectivity index (χ1) is 6.04. The molecule has 0 rings (SSSR count). The molecule has 0 aliphatic heterocycles. The van der Waals surface area contributed by atoms with Gasteiger partial charge in [-0.3, -0.25) is 4.90 Å². The Morgan fingerprint density at radius 2 is 2.00 bits per heavy atom. The largest absolute Gasteiger partial charge is 0.372 e. The fourth-order valence-electron chi connectivity index (χ4n) is 0.606. The van der Waals surface area contributed by atoms with Crippen molar-refractivity contribution in [3.05, 3.63) is 0 Å². The van der Waals surface area contributed by atoms with Gasteiger partial charge >= 0.3 is 0 Å². The van der Waals surface area contributed by atoms with Crippen LogP contribution < -0.4 is 0 Å². The molecule has 0 aliphatic rings. The molecule has 0 heterocycles. The summed E-state index contributed by atoms with van der Waals surface area (Å²) in [6.45, 7) is 5.13. The van der Waals surface area contributed by atoms with Crippen molar-refractivity contribution in [2.75, 3.05) is 27.3 Å². The Kier molecular flexibility index (Phi) is 5.23. The van der Waals surface area contributed by atoms with E-state index in [-0.39, 0.29) is 5.54 Å². The number of ether oxygens (including phenoxy) is 1. The smallest absolute Gasteiger partial charge is 0.107 e. The fourth-order valence-corrected chi connectivity index (χ4v) is 0.606. The summed E-state index contributed by atoms with van der Waals surface area (Å²) in [4.78, 5) is 2.02. The maximum absolute atomic E-state index is 5.37. The summed E-state index contributed by atoms with van der Waals surface area (Å²) in [5.74, 6) is 8.57. The normalized spacial score (nSPS) is 10.5. The van der Waals surface area contributed by atoms with Crippen LogP contribution in [-0.2, 0) is 4.74 Å². The third-order valence-corrected chi connectivity index (χ3v) is 1.97. The summed E-state index contributed by atoms with van der Waals surface area (Å²) >= 11 is 0. The predicted molar refractivity (Wildman–Crippen MR) is 55.2 cm³/mol. The molecule has 0 aliphatic carbocycles. The molecule has 2 heteroatoms. The third-order valence-electron chi connectivity index (χ3n) is 1.97. The van der Waals surface area contributed by atoms with Gasteiger partial charge in [-0.2, -0.15) is 0 Å². The average molecular weight is 179 g/mol. The maximum atomic E-state index is 5.37. The Hall–Kier alpha value is -0.960. The van der Waals surface area contributed by atoms with Crippen LogP contribution in [0, 0.1) is 24.2 Å². The van der Waals surface area contributed by atoms with Crippen LogP contribution in [0.25, 0.3) is 0 Å². The minimum Gasteiger partial charge on any atom is -0.372 e. The lowest BCUT2D eigenvalue weighted by molar-refractivity contribution is 0.235. The molecule has 0 radical (unpaired) electrons.